The Hall–Kier alpha value is -1.73. The lowest BCUT2D eigenvalue weighted by Gasteiger charge is -2.32. The minimum atomic E-state index is -0.294. The smallest absolute Gasteiger partial charge is 0.348 e. The zero-order valence-corrected chi connectivity index (χ0v) is 15.3. The molecule has 6 nitrogen and oxygen atoms in total. The Morgan fingerprint density at radius 1 is 1.38 bits per heavy atom. The summed E-state index contributed by atoms with van der Waals surface area (Å²) < 4.78 is 10.9. The number of aryl methyl sites for hydroxylation is 1. The molecule has 2 aromatic heterocycles. The van der Waals surface area contributed by atoms with Crippen LogP contribution in [-0.2, 0) is 9.47 Å². The van der Waals surface area contributed by atoms with Crippen molar-refractivity contribution in [2.24, 2.45) is 0 Å². The van der Waals surface area contributed by atoms with E-state index in [1.54, 1.807) is 13.3 Å². The molecule has 3 rings (SSSR count). The fraction of sp³-hybridized carbons (Fsp3) is 0.588. The summed E-state index contributed by atoms with van der Waals surface area (Å²) in [4.78, 5) is 22.3. The van der Waals surface area contributed by atoms with Gasteiger partial charge in [0, 0.05) is 6.04 Å². The molecular formula is C17H23N3O3S. The van der Waals surface area contributed by atoms with Crippen LogP contribution in [-0.4, -0.2) is 40.8 Å². The van der Waals surface area contributed by atoms with Gasteiger partial charge in [0.2, 0.25) is 0 Å². The first kappa shape index (κ1) is 17.1. The van der Waals surface area contributed by atoms with Gasteiger partial charge in [-0.25, -0.2) is 14.8 Å². The van der Waals surface area contributed by atoms with Crippen molar-refractivity contribution in [2.45, 2.75) is 58.8 Å². The second-order valence-corrected chi connectivity index (χ2v) is 7.25. The van der Waals surface area contributed by atoms with Gasteiger partial charge in [0.15, 0.2) is 0 Å². The van der Waals surface area contributed by atoms with E-state index >= 15 is 0 Å². The van der Waals surface area contributed by atoms with Crippen molar-refractivity contribution in [1.29, 1.82) is 0 Å². The van der Waals surface area contributed by atoms with Crippen LogP contribution in [0.3, 0.4) is 0 Å². The van der Waals surface area contributed by atoms with Crippen LogP contribution in [0, 0.1) is 6.92 Å². The molecule has 3 atom stereocenters. The average Bonchev–Trinajstić information content (AvgIpc) is 2.85. The summed E-state index contributed by atoms with van der Waals surface area (Å²) in [7, 11) is 0. The molecule has 0 radical (unpaired) electrons. The minimum Gasteiger partial charge on any atom is -0.462 e. The molecule has 0 aliphatic carbocycles. The number of aromatic nitrogens is 2. The summed E-state index contributed by atoms with van der Waals surface area (Å²) in [5.74, 6) is 0.493. The Labute approximate surface area is 145 Å². The molecule has 24 heavy (non-hydrogen) atoms. The van der Waals surface area contributed by atoms with E-state index in [9.17, 15) is 4.79 Å². The number of nitrogens with zero attached hydrogens (tertiary/aromatic N) is 2. The van der Waals surface area contributed by atoms with Gasteiger partial charge in [-0.3, -0.25) is 0 Å². The van der Waals surface area contributed by atoms with Crippen molar-refractivity contribution in [2.75, 3.05) is 11.9 Å². The van der Waals surface area contributed by atoms with Crippen LogP contribution in [0.15, 0.2) is 6.33 Å². The summed E-state index contributed by atoms with van der Waals surface area (Å²) in [5, 5.41) is 4.45. The van der Waals surface area contributed by atoms with Gasteiger partial charge in [-0.2, -0.15) is 0 Å². The van der Waals surface area contributed by atoms with E-state index in [0.717, 1.165) is 34.4 Å². The summed E-state index contributed by atoms with van der Waals surface area (Å²) in [5.41, 5.74) is 0.879. The monoisotopic (exact) mass is 349 g/mol. The molecule has 0 bridgehead atoms. The van der Waals surface area contributed by atoms with E-state index in [-0.39, 0.29) is 18.2 Å². The molecule has 0 aromatic carbocycles. The number of hydrogen-bond donors (Lipinski definition) is 1. The molecule has 7 heteroatoms. The van der Waals surface area contributed by atoms with Crippen molar-refractivity contribution in [3.05, 3.63) is 16.8 Å². The SMILES string of the molecule is CCOC(=O)c1sc2ncnc(NC3C[C@@H](C)O[C@@H](C)C3)c2c1C. The molecule has 0 amide bonds. The highest BCUT2D eigenvalue weighted by Gasteiger charge is 2.26. The van der Waals surface area contributed by atoms with E-state index in [2.05, 4.69) is 29.1 Å². The number of anilines is 1. The molecule has 0 spiro atoms. The third-order valence-electron chi connectivity index (χ3n) is 4.23. The molecule has 0 saturated carbocycles. The van der Waals surface area contributed by atoms with Crippen LogP contribution < -0.4 is 5.32 Å². The normalized spacial score (nSPS) is 24.1. The standard InChI is InChI=1S/C17H23N3O3S/c1-5-22-17(21)14-11(4)13-15(18-8-19-16(13)24-14)20-12-6-9(2)23-10(3)7-12/h8-10,12H,5-7H2,1-4H3,(H,18,19,20)/t9-,10+,12?. The van der Waals surface area contributed by atoms with Crippen molar-refractivity contribution in [3.8, 4) is 0 Å². The third kappa shape index (κ3) is 3.37. The van der Waals surface area contributed by atoms with Crippen LogP contribution in [0.5, 0.6) is 0 Å². The van der Waals surface area contributed by atoms with Gasteiger partial charge in [-0.15, -0.1) is 11.3 Å². The lowest BCUT2D eigenvalue weighted by atomic mass is 9.99. The third-order valence-corrected chi connectivity index (χ3v) is 5.41. The zero-order valence-electron chi connectivity index (χ0n) is 14.5. The first-order chi connectivity index (χ1) is 11.5. The van der Waals surface area contributed by atoms with Crippen molar-refractivity contribution >= 4 is 33.3 Å². The Bertz CT molecular complexity index is 736. The maximum Gasteiger partial charge on any atom is 0.348 e. The zero-order chi connectivity index (χ0) is 17.3. The van der Waals surface area contributed by atoms with E-state index in [0.29, 0.717) is 17.5 Å². The number of carbonyl (C=O) groups is 1. The quantitative estimate of drug-likeness (QED) is 0.851. The minimum absolute atomic E-state index is 0.224. The van der Waals surface area contributed by atoms with Crippen molar-refractivity contribution in [3.63, 3.8) is 0 Å². The highest BCUT2D eigenvalue weighted by molar-refractivity contribution is 7.20. The predicted molar refractivity (Wildman–Crippen MR) is 94.8 cm³/mol. The molecule has 2 aromatic rings. The number of ether oxygens (including phenoxy) is 2. The number of rotatable bonds is 4. The van der Waals surface area contributed by atoms with Gasteiger partial charge < -0.3 is 14.8 Å². The maximum absolute atomic E-state index is 12.1. The van der Waals surface area contributed by atoms with Gasteiger partial charge in [0.1, 0.15) is 21.9 Å². The fourth-order valence-corrected chi connectivity index (χ4v) is 4.33. The van der Waals surface area contributed by atoms with E-state index in [1.165, 1.54) is 11.3 Å². The summed E-state index contributed by atoms with van der Waals surface area (Å²) >= 11 is 1.36. The van der Waals surface area contributed by atoms with Gasteiger partial charge in [0.05, 0.1) is 24.2 Å². The molecule has 1 aliphatic heterocycles. The lowest BCUT2D eigenvalue weighted by molar-refractivity contribution is -0.0338. The predicted octanol–water partition coefficient (Wildman–Crippen LogP) is 3.54. The summed E-state index contributed by atoms with van der Waals surface area (Å²) in [6.07, 6.45) is 3.86. The number of esters is 1. The fourth-order valence-electron chi connectivity index (χ4n) is 3.29. The van der Waals surface area contributed by atoms with E-state index in [4.69, 9.17) is 9.47 Å². The van der Waals surface area contributed by atoms with Crippen LogP contribution in [0.2, 0.25) is 0 Å². The van der Waals surface area contributed by atoms with E-state index in [1.807, 2.05) is 6.92 Å². The second kappa shape index (κ2) is 7.03. The highest BCUT2D eigenvalue weighted by atomic mass is 32.1. The summed E-state index contributed by atoms with van der Waals surface area (Å²) in [6.45, 7) is 8.28. The Balaban J connectivity index is 1.92. The van der Waals surface area contributed by atoms with Gasteiger partial charge >= 0.3 is 5.97 Å². The first-order valence-electron chi connectivity index (χ1n) is 8.32. The molecule has 1 aliphatic rings. The van der Waals surface area contributed by atoms with Gasteiger partial charge in [-0.1, -0.05) is 0 Å². The summed E-state index contributed by atoms with van der Waals surface area (Å²) in [6, 6.07) is 0.298. The molecule has 1 saturated heterocycles. The van der Waals surface area contributed by atoms with Crippen LogP contribution >= 0.6 is 11.3 Å². The molecule has 1 N–H and O–H groups in total. The van der Waals surface area contributed by atoms with E-state index < -0.39 is 0 Å². The number of hydrogen-bond acceptors (Lipinski definition) is 7. The average molecular weight is 349 g/mol. The lowest BCUT2D eigenvalue weighted by Crippen LogP contribution is -2.37. The molecule has 1 fully saturated rings. The Morgan fingerprint density at radius 3 is 2.75 bits per heavy atom. The van der Waals surface area contributed by atoms with Crippen LogP contribution in [0.25, 0.3) is 10.2 Å². The maximum atomic E-state index is 12.1. The first-order valence-corrected chi connectivity index (χ1v) is 9.14. The number of fused-ring (bicyclic) bond motifs is 1. The molecule has 3 heterocycles. The van der Waals surface area contributed by atoms with Crippen LogP contribution in [0.1, 0.15) is 48.8 Å². The second-order valence-electron chi connectivity index (χ2n) is 6.25. The Morgan fingerprint density at radius 2 is 2.08 bits per heavy atom. The Kier molecular flexibility index (Phi) is 5.01. The van der Waals surface area contributed by atoms with Crippen molar-refractivity contribution < 1.29 is 14.3 Å². The number of thiophene rings is 1. The highest BCUT2D eigenvalue weighted by Crippen LogP contribution is 2.34. The largest absolute Gasteiger partial charge is 0.462 e. The van der Waals surface area contributed by atoms with Crippen molar-refractivity contribution in [1.82, 2.24) is 9.97 Å². The number of nitrogens with one attached hydrogen (secondary N) is 1. The van der Waals surface area contributed by atoms with Gasteiger partial charge in [-0.05, 0) is 46.1 Å². The van der Waals surface area contributed by atoms with Gasteiger partial charge in [0.25, 0.3) is 0 Å². The number of carbonyl (C=O) groups excluding carboxylic acids is 1. The van der Waals surface area contributed by atoms with Crippen LogP contribution in [0.4, 0.5) is 5.82 Å². The topological polar surface area (TPSA) is 73.3 Å². The molecular weight excluding hydrogens is 326 g/mol. The molecule has 130 valence electrons. The molecule has 1 unspecified atom stereocenters.